The summed E-state index contributed by atoms with van der Waals surface area (Å²) in [6, 6.07) is 22.5. The van der Waals surface area contributed by atoms with Crippen LogP contribution in [0.15, 0.2) is 98.6 Å². The zero-order valence-corrected chi connectivity index (χ0v) is 20.7. The second-order valence-corrected chi connectivity index (χ2v) is 9.08. The molecule has 0 atom stereocenters. The Labute approximate surface area is 220 Å². The molecule has 0 aliphatic rings. The molecule has 0 aliphatic carbocycles. The van der Waals surface area contributed by atoms with Crippen LogP contribution in [-0.4, -0.2) is 5.91 Å². The van der Waals surface area contributed by atoms with Gasteiger partial charge in [0.25, 0.3) is 0 Å². The van der Waals surface area contributed by atoms with Gasteiger partial charge in [-0.2, -0.15) is 0 Å². The Bertz CT molecular complexity index is 1700. The third kappa shape index (κ3) is 5.09. The summed E-state index contributed by atoms with van der Waals surface area (Å²) >= 11 is 18.6. The number of anilines is 1. The predicted octanol–water partition coefficient (Wildman–Crippen LogP) is 8.33. The van der Waals surface area contributed by atoms with Gasteiger partial charge >= 0.3 is 5.63 Å². The van der Waals surface area contributed by atoms with Crippen molar-refractivity contribution in [2.24, 2.45) is 0 Å². The van der Waals surface area contributed by atoms with Crippen LogP contribution in [0.2, 0.25) is 15.1 Å². The summed E-state index contributed by atoms with van der Waals surface area (Å²) in [4.78, 5) is 24.9. The molecular weight excluding hydrogens is 521 g/mol. The fraction of sp³-hybridized carbons (Fsp3) is 0. The third-order valence-corrected chi connectivity index (χ3v) is 6.25. The van der Waals surface area contributed by atoms with Gasteiger partial charge in [0.15, 0.2) is 0 Å². The molecule has 0 bridgehead atoms. The van der Waals surface area contributed by atoms with Gasteiger partial charge in [0, 0.05) is 33.3 Å². The van der Waals surface area contributed by atoms with Crippen molar-refractivity contribution in [3.05, 3.63) is 116 Å². The number of para-hydroxylation sites is 1. The van der Waals surface area contributed by atoms with E-state index in [1.807, 2.05) is 12.1 Å². The number of furan rings is 1. The first kappa shape index (κ1) is 23.9. The summed E-state index contributed by atoms with van der Waals surface area (Å²) in [6.07, 6.45) is 2.88. The number of halogens is 3. The van der Waals surface area contributed by atoms with E-state index < -0.39 is 5.63 Å². The molecule has 5 rings (SSSR count). The Hall–Kier alpha value is -3.77. The molecule has 0 spiro atoms. The van der Waals surface area contributed by atoms with Crippen molar-refractivity contribution in [2.45, 2.75) is 0 Å². The van der Waals surface area contributed by atoms with Crippen LogP contribution in [0.1, 0.15) is 5.76 Å². The van der Waals surface area contributed by atoms with E-state index in [9.17, 15) is 9.59 Å². The monoisotopic (exact) mass is 535 g/mol. The molecule has 36 heavy (non-hydrogen) atoms. The zero-order chi connectivity index (χ0) is 25.2. The van der Waals surface area contributed by atoms with Crippen LogP contribution in [0, 0.1) is 0 Å². The molecule has 0 fully saturated rings. The second kappa shape index (κ2) is 10.1. The molecule has 5 aromatic rings. The molecule has 5 nitrogen and oxygen atoms in total. The van der Waals surface area contributed by atoms with Gasteiger partial charge in [-0.25, -0.2) is 4.79 Å². The lowest BCUT2D eigenvalue weighted by atomic mass is 10.1. The number of amides is 1. The van der Waals surface area contributed by atoms with Gasteiger partial charge in [-0.3, -0.25) is 4.79 Å². The largest absolute Gasteiger partial charge is 0.457 e. The van der Waals surface area contributed by atoms with E-state index in [0.717, 1.165) is 5.39 Å². The Morgan fingerprint density at radius 1 is 0.778 bits per heavy atom. The molecule has 178 valence electrons. The fourth-order valence-corrected chi connectivity index (χ4v) is 4.46. The van der Waals surface area contributed by atoms with Gasteiger partial charge in [-0.05, 0) is 60.7 Å². The minimum absolute atomic E-state index is 0.301. The average molecular weight is 537 g/mol. The summed E-state index contributed by atoms with van der Waals surface area (Å²) in [5.41, 5.74) is 2.02. The van der Waals surface area contributed by atoms with E-state index in [1.165, 1.54) is 6.08 Å². The maximum absolute atomic E-state index is 12.5. The van der Waals surface area contributed by atoms with Crippen molar-refractivity contribution in [1.29, 1.82) is 0 Å². The third-order valence-electron chi connectivity index (χ3n) is 5.39. The number of hydrogen-bond donors (Lipinski definition) is 1. The highest BCUT2D eigenvalue weighted by atomic mass is 35.5. The molecule has 1 N–H and O–H groups in total. The SMILES string of the molecule is O=C(/C=C/c1ccc(-c2ccc(Cl)cc2Cl)o1)Nc1ccc(-c2cc3ccccc3oc2=O)c(Cl)c1. The predicted molar refractivity (Wildman–Crippen MR) is 145 cm³/mol. The number of benzene rings is 3. The highest BCUT2D eigenvalue weighted by Gasteiger charge is 2.13. The molecule has 8 heteroatoms. The molecule has 2 aromatic heterocycles. The lowest BCUT2D eigenvalue weighted by Crippen LogP contribution is -2.08. The molecule has 0 aliphatic heterocycles. The lowest BCUT2D eigenvalue weighted by molar-refractivity contribution is -0.111. The second-order valence-electron chi connectivity index (χ2n) is 7.83. The fourth-order valence-electron chi connectivity index (χ4n) is 3.68. The number of fused-ring (bicyclic) bond motifs is 1. The van der Waals surface area contributed by atoms with Crippen molar-refractivity contribution >= 4 is 63.4 Å². The molecule has 2 heterocycles. The van der Waals surface area contributed by atoms with Crippen molar-refractivity contribution in [3.8, 4) is 22.5 Å². The molecular formula is C28H16Cl3NO4. The smallest absolute Gasteiger partial charge is 0.344 e. The first-order valence-corrected chi connectivity index (χ1v) is 11.9. The van der Waals surface area contributed by atoms with E-state index in [2.05, 4.69) is 5.32 Å². The molecule has 0 radical (unpaired) electrons. The number of nitrogens with one attached hydrogen (secondary N) is 1. The maximum Gasteiger partial charge on any atom is 0.344 e. The van der Waals surface area contributed by atoms with Crippen LogP contribution in [0.3, 0.4) is 0 Å². The van der Waals surface area contributed by atoms with E-state index in [1.54, 1.807) is 72.8 Å². The van der Waals surface area contributed by atoms with Crippen molar-refractivity contribution in [2.75, 3.05) is 5.32 Å². The Morgan fingerprint density at radius 2 is 1.56 bits per heavy atom. The minimum atomic E-state index is -0.493. The highest BCUT2D eigenvalue weighted by Crippen LogP contribution is 2.32. The minimum Gasteiger partial charge on any atom is -0.457 e. The summed E-state index contributed by atoms with van der Waals surface area (Å²) < 4.78 is 11.2. The first-order valence-electron chi connectivity index (χ1n) is 10.7. The highest BCUT2D eigenvalue weighted by molar-refractivity contribution is 6.36. The summed E-state index contributed by atoms with van der Waals surface area (Å²) in [5, 5.41) is 4.82. The maximum atomic E-state index is 12.5. The van der Waals surface area contributed by atoms with Gasteiger partial charge in [-0.1, -0.05) is 59.1 Å². The molecule has 0 saturated heterocycles. The van der Waals surface area contributed by atoms with Gasteiger partial charge < -0.3 is 14.2 Å². The van der Waals surface area contributed by atoms with Crippen LogP contribution >= 0.6 is 34.8 Å². The van der Waals surface area contributed by atoms with E-state index >= 15 is 0 Å². The number of rotatable bonds is 5. The quantitative estimate of drug-likeness (QED) is 0.181. The topological polar surface area (TPSA) is 72.5 Å². The number of hydrogen-bond acceptors (Lipinski definition) is 4. The van der Waals surface area contributed by atoms with Crippen LogP contribution in [0.25, 0.3) is 39.5 Å². The Kier molecular flexibility index (Phi) is 6.70. The van der Waals surface area contributed by atoms with Crippen LogP contribution in [0.5, 0.6) is 0 Å². The normalized spacial score (nSPS) is 11.3. The van der Waals surface area contributed by atoms with Crippen molar-refractivity contribution < 1.29 is 13.6 Å². The molecule has 0 unspecified atom stereocenters. The van der Waals surface area contributed by atoms with E-state index in [4.69, 9.17) is 43.6 Å². The molecule has 0 saturated carbocycles. The molecule has 1 amide bonds. The first-order chi connectivity index (χ1) is 17.4. The van der Waals surface area contributed by atoms with Crippen LogP contribution < -0.4 is 10.9 Å². The lowest BCUT2D eigenvalue weighted by Gasteiger charge is -2.08. The van der Waals surface area contributed by atoms with Crippen LogP contribution in [0.4, 0.5) is 5.69 Å². The van der Waals surface area contributed by atoms with E-state index in [-0.39, 0.29) is 5.91 Å². The van der Waals surface area contributed by atoms with Crippen LogP contribution in [-0.2, 0) is 4.79 Å². The standard InChI is InChI=1S/C28H16Cl3NO4/c29-17-5-9-21(23(30)14-17)26-11-7-19(35-26)8-12-27(33)32-18-6-10-20(24(31)15-18)22-13-16-3-1-2-4-25(16)36-28(22)34/h1-15H,(H,32,33)/b12-8+. The zero-order valence-electron chi connectivity index (χ0n) is 18.4. The summed E-state index contributed by atoms with van der Waals surface area (Å²) in [7, 11) is 0. The Balaban J connectivity index is 1.30. The van der Waals surface area contributed by atoms with Gasteiger partial charge in [-0.15, -0.1) is 0 Å². The van der Waals surface area contributed by atoms with Gasteiger partial charge in [0.2, 0.25) is 5.91 Å². The van der Waals surface area contributed by atoms with Crippen molar-refractivity contribution in [3.63, 3.8) is 0 Å². The van der Waals surface area contributed by atoms with Gasteiger partial charge in [0.05, 0.1) is 15.6 Å². The van der Waals surface area contributed by atoms with Crippen molar-refractivity contribution in [1.82, 2.24) is 0 Å². The summed E-state index contributed by atoms with van der Waals surface area (Å²) in [6.45, 7) is 0. The molecule has 3 aromatic carbocycles. The Morgan fingerprint density at radius 3 is 2.36 bits per heavy atom. The van der Waals surface area contributed by atoms with Gasteiger partial charge in [0.1, 0.15) is 17.1 Å². The van der Waals surface area contributed by atoms with E-state index in [0.29, 0.717) is 54.5 Å². The average Bonchev–Trinajstić information content (AvgIpc) is 3.31. The number of carbonyl (C=O) groups excluding carboxylic acids is 1. The summed E-state index contributed by atoms with van der Waals surface area (Å²) in [5.74, 6) is 0.645. The number of carbonyl (C=O) groups is 1.